The first-order chi connectivity index (χ1) is 10.6. The molecule has 5 nitrogen and oxygen atoms in total. The molecule has 0 spiro atoms. The molecule has 0 unspecified atom stereocenters. The van der Waals surface area contributed by atoms with Gasteiger partial charge in [-0.15, -0.1) is 0 Å². The Labute approximate surface area is 135 Å². The lowest BCUT2D eigenvalue weighted by molar-refractivity contribution is -0.385. The lowest BCUT2D eigenvalue weighted by Crippen LogP contribution is -2.30. The Kier molecular flexibility index (Phi) is 6.19. The van der Waals surface area contributed by atoms with E-state index >= 15 is 0 Å². The first kappa shape index (κ1) is 16.7. The van der Waals surface area contributed by atoms with Gasteiger partial charge in [-0.25, -0.2) is 0 Å². The molecule has 0 bridgehead atoms. The number of hydrogen-bond acceptors (Lipinski definition) is 3. The second-order valence-electron chi connectivity index (χ2n) is 5.81. The number of rotatable bonds is 4. The Morgan fingerprint density at radius 2 is 1.86 bits per heavy atom. The Balaban J connectivity index is 2.00. The van der Waals surface area contributed by atoms with Gasteiger partial charge < -0.3 is 5.32 Å². The fraction of sp³-hybridized carbons (Fsp3) is 0.562. The standard InChI is InChI=1S/C16H21ClN2O3/c17-14-10-6-9-13(15(14)19(21)22)16(20)18-11-12-7-4-2-1-3-5-8-12/h6,9-10,12H,1-5,7-8,11H2,(H,18,20). The number of halogens is 1. The van der Waals surface area contributed by atoms with Gasteiger partial charge in [-0.05, 0) is 30.9 Å². The van der Waals surface area contributed by atoms with Gasteiger partial charge in [-0.1, -0.05) is 49.8 Å². The molecule has 2 rings (SSSR count). The average Bonchev–Trinajstić information content (AvgIpc) is 2.45. The van der Waals surface area contributed by atoms with E-state index in [-0.39, 0.29) is 16.3 Å². The Bertz CT molecular complexity index is 540. The zero-order chi connectivity index (χ0) is 15.9. The zero-order valence-corrected chi connectivity index (χ0v) is 13.3. The summed E-state index contributed by atoms with van der Waals surface area (Å²) in [6.45, 7) is 0.572. The van der Waals surface area contributed by atoms with Crippen LogP contribution in [0.25, 0.3) is 0 Å². The van der Waals surface area contributed by atoms with Crippen molar-refractivity contribution in [3.05, 3.63) is 38.9 Å². The van der Waals surface area contributed by atoms with Crippen molar-refractivity contribution < 1.29 is 9.72 Å². The Morgan fingerprint density at radius 1 is 1.23 bits per heavy atom. The van der Waals surface area contributed by atoms with E-state index in [9.17, 15) is 14.9 Å². The molecule has 22 heavy (non-hydrogen) atoms. The number of para-hydroxylation sites is 1. The number of carbonyl (C=O) groups excluding carboxylic acids is 1. The molecule has 1 aliphatic carbocycles. The SMILES string of the molecule is O=C(NCC1CCCCCCC1)c1cccc(Cl)c1[N+](=O)[O-]. The first-order valence-corrected chi connectivity index (χ1v) is 8.18. The molecular weight excluding hydrogens is 304 g/mol. The maximum atomic E-state index is 12.2. The number of carbonyl (C=O) groups is 1. The highest BCUT2D eigenvalue weighted by Crippen LogP contribution is 2.28. The van der Waals surface area contributed by atoms with E-state index in [0.29, 0.717) is 12.5 Å². The van der Waals surface area contributed by atoms with Crippen molar-refractivity contribution in [3.63, 3.8) is 0 Å². The molecule has 1 aromatic rings. The van der Waals surface area contributed by atoms with Crippen LogP contribution in [0.1, 0.15) is 55.3 Å². The molecule has 0 saturated heterocycles. The van der Waals surface area contributed by atoms with E-state index in [4.69, 9.17) is 11.6 Å². The highest BCUT2D eigenvalue weighted by atomic mass is 35.5. The molecule has 1 saturated carbocycles. The van der Waals surface area contributed by atoms with Crippen molar-refractivity contribution in [2.24, 2.45) is 5.92 Å². The lowest BCUT2D eigenvalue weighted by Gasteiger charge is -2.20. The monoisotopic (exact) mass is 324 g/mol. The Hall–Kier alpha value is -1.62. The van der Waals surface area contributed by atoms with Crippen LogP contribution in [0, 0.1) is 16.0 Å². The van der Waals surface area contributed by atoms with Crippen molar-refractivity contribution in [1.29, 1.82) is 0 Å². The zero-order valence-electron chi connectivity index (χ0n) is 12.5. The summed E-state index contributed by atoms with van der Waals surface area (Å²) >= 11 is 5.84. The number of hydrogen-bond donors (Lipinski definition) is 1. The molecule has 120 valence electrons. The molecule has 6 heteroatoms. The fourth-order valence-electron chi connectivity index (χ4n) is 2.96. The summed E-state index contributed by atoms with van der Waals surface area (Å²) < 4.78 is 0. The maximum absolute atomic E-state index is 12.2. The van der Waals surface area contributed by atoms with Gasteiger partial charge >= 0.3 is 5.69 Å². The fourth-order valence-corrected chi connectivity index (χ4v) is 3.20. The second kappa shape index (κ2) is 8.13. The minimum absolute atomic E-state index is 0.0106. The molecule has 0 heterocycles. The van der Waals surface area contributed by atoms with E-state index in [1.165, 1.54) is 44.2 Å². The highest BCUT2D eigenvalue weighted by Gasteiger charge is 2.24. The number of benzene rings is 1. The van der Waals surface area contributed by atoms with E-state index in [1.54, 1.807) is 6.07 Å². The number of nitrogens with one attached hydrogen (secondary N) is 1. The van der Waals surface area contributed by atoms with Gasteiger partial charge in [0.25, 0.3) is 5.91 Å². The first-order valence-electron chi connectivity index (χ1n) is 7.80. The highest BCUT2D eigenvalue weighted by molar-refractivity contribution is 6.33. The molecule has 1 aromatic carbocycles. The predicted molar refractivity (Wildman–Crippen MR) is 86.2 cm³/mol. The van der Waals surface area contributed by atoms with Crippen LogP contribution in [0.5, 0.6) is 0 Å². The van der Waals surface area contributed by atoms with Gasteiger partial charge in [0.15, 0.2) is 0 Å². The van der Waals surface area contributed by atoms with Gasteiger partial charge in [0.1, 0.15) is 10.6 Å². The molecule has 1 fully saturated rings. The third-order valence-corrected chi connectivity index (χ3v) is 4.50. The minimum atomic E-state index is -0.604. The van der Waals surface area contributed by atoms with Crippen LogP contribution in [0.2, 0.25) is 5.02 Å². The summed E-state index contributed by atoms with van der Waals surface area (Å²) in [4.78, 5) is 22.7. The van der Waals surface area contributed by atoms with Crippen LogP contribution in [0.3, 0.4) is 0 Å². The van der Waals surface area contributed by atoms with Gasteiger partial charge in [0.05, 0.1) is 4.92 Å². The van der Waals surface area contributed by atoms with Crippen LogP contribution in [-0.2, 0) is 0 Å². The molecule has 1 N–H and O–H groups in total. The molecule has 0 radical (unpaired) electrons. The molecular formula is C16H21ClN2O3. The molecule has 0 aromatic heterocycles. The largest absolute Gasteiger partial charge is 0.352 e. The predicted octanol–water partition coefficient (Wildman–Crippen LogP) is 4.34. The number of nitro groups is 1. The minimum Gasteiger partial charge on any atom is -0.352 e. The number of nitro benzene ring substituents is 1. The molecule has 0 atom stereocenters. The van der Waals surface area contributed by atoms with E-state index < -0.39 is 10.8 Å². The third kappa shape index (κ3) is 4.44. The molecule has 1 amide bonds. The summed E-state index contributed by atoms with van der Waals surface area (Å²) in [6.07, 6.45) is 8.41. The van der Waals surface area contributed by atoms with E-state index in [2.05, 4.69) is 5.32 Å². The van der Waals surface area contributed by atoms with Crippen molar-refractivity contribution in [3.8, 4) is 0 Å². The lowest BCUT2D eigenvalue weighted by atomic mass is 9.91. The third-order valence-electron chi connectivity index (χ3n) is 4.19. The van der Waals surface area contributed by atoms with Crippen LogP contribution < -0.4 is 5.32 Å². The summed E-state index contributed by atoms with van der Waals surface area (Å²) in [5.41, 5.74) is -0.289. The van der Waals surface area contributed by atoms with Crippen molar-refractivity contribution in [1.82, 2.24) is 5.32 Å². The topological polar surface area (TPSA) is 72.2 Å². The van der Waals surface area contributed by atoms with Gasteiger partial charge in [-0.2, -0.15) is 0 Å². The summed E-state index contributed by atoms with van der Waals surface area (Å²) in [5, 5.41) is 13.9. The van der Waals surface area contributed by atoms with Crippen molar-refractivity contribution in [2.45, 2.75) is 44.9 Å². The van der Waals surface area contributed by atoms with Crippen LogP contribution in [0.15, 0.2) is 18.2 Å². The van der Waals surface area contributed by atoms with Gasteiger partial charge in [0, 0.05) is 6.54 Å². The summed E-state index contributed by atoms with van der Waals surface area (Å²) in [6, 6.07) is 4.42. The smallest absolute Gasteiger partial charge is 0.300 e. The van der Waals surface area contributed by atoms with Gasteiger partial charge in [0.2, 0.25) is 0 Å². The van der Waals surface area contributed by atoms with Crippen LogP contribution in [0.4, 0.5) is 5.69 Å². The van der Waals surface area contributed by atoms with E-state index in [0.717, 1.165) is 12.8 Å². The number of nitrogens with zero attached hydrogens (tertiary/aromatic N) is 1. The summed E-state index contributed by atoms with van der Waals surface area (Å²) in [5.74, 6) is 0.0405. The molecule has 0 aliphatic heterocycles. The number of amides is 1. The maximum Gasteiger partial charge on any atom is 0.300 e. The molecule has 1 aliphatic rings. The van der Waals surface area contributed by atoms with Crippen LogP contribution >= 0.6 is 11.6 Å². The summed E-state index contributed by atoms with van der Waals surface area (Å²) in [7, 11) is 0. The average molecular weight is 325 g/mol. The normalized spacial score (nSPS) is 16.6. The quantitative estimate of drug-likeness (QED) is 0.661. The van der Waals surface area contributed by atoms with E-state index in [1.807, 2.05) is 0 Å². The van der Waals surface area contributed by atoms with Crippen molar-refractivity contribution in [2.75, 3.05) is 6.54 Å². The Morgan fingerprint density at radius 3 is 2.50 bits per heavy atom. The van der Waals surface area contributed by atoms with Crippen LogP contribution in [-0.4, -0.2) is 17.4 Å². The second-order valence-corrected chi connectivity index (χ2v) is 6.22. The van der Waals surface area contributed by atoms with Crippen molar-refractivity contribution >= 4 is 23.2 Å². The van der Waals surface area contributed by atoms with Gasteiger partial charge in [-0.3, -0.25) is 14.9 Å².